The molecule has 0 aliphatic carbocycles. The van der Waals surface area contributed by atoms with Crippen molar-refractivity contribution < 1.29 is 36.6 Å². The Kier molecular flexibility index (Phi) is 4.97. The van der Waals surface area contributed by atoms with Gasteiger partial charge in [0.2, 0.25) is 10.0 Å². The summed E-state index contributed by atoms with van der Waals surface area (Å²) in [5.41, 5.74) is -0.750. The third-order valence-electron chi connectivity index (χ3n) is 2.42. The molecule has 1 aromatic carbocycles. The second kappa shape index (κ2) is 6.14. The minimum Gasteiger partial charge on any atom is -0.478 e. The van der Waals surface area contributed by atoms with Crippen molar-refractivity contribution in [1.29, 1.82) is 0 Å². The van der Waals surface area contributed by atoms with Crippen LogP contribution in [0.1, 0.15) is 17.3 Å². The molecule has 0 saturated carbocycles. The lowest BCUT2D eigenvalue weighted by Gasteiger charge is -2.13. The van der Waals surface area contributed by atoms with Crippen LogP contribution in [-0.2, 0) is 19.6 Å². The second-order valence-electron chi connectivity index (χ2n) is 3.94. The molecule has 7 nitrogen and oxygen atoms in total. The SMILES string of the molecule is COC(=O)C(C)NS(=O)(=O)c1cc(C(=O)O)cc(F)c1F. The second-order valence-corrected chi connectivity index (χ2v) is 5.62. The highest BCUT2D eigenvalue weighted by atomic mass is 32.2. The van der Waals surface area contributed by atoms with Gasteiger partial charge in [0.25, 0.3) is 0 Å². The van der Waals surface area contributed by atoms with Crippen molar-refractivity contribution in [2.75, 3.05) is 7.11 Å². The van der Waals surface area contributed by atoms with Crippen LogP contribution in [0.2, 0.25) is 0 Å². The molecule has 0 aromatic heterocycles. The Balaban J connectivity index is 3.31. The molecule has 0 fully saturated rings. The van der Waals surface area contributed by atoms with Gasteiger partial charge in [0.1, 0.15) is 10.9 Å². The van der Waals surface area contributed by atoms with E-state index in [1.807, 2.05) is 0 Å². The van der Waals surface area contributed by atoms with E-state index in [0.717, 1.165) is 14.0 Å². The third-order valence-corrected chi connectivity index (χ3v) is 3.96. The number of esters is 1. The maximum absolute atomic E-state index is 13.6. The summed E-state index contributed by atoms with van der Waals surface area (Å²) in [6.45, 7) is 1.12. The van der Waals surface area contributed by atoms with E-state index in [-0.39, 0.29) is 0 Å². The lowest BCUT2D eigenvalue weighted by molar-refractivity contribution is -0.142. The van der Waals surface area contributed by atoms with Gasteiger partial charge in [-0.25, -0.2) is 22.0 Å². The number of nitrogens with one attached hydrogen (secondary N) is 1. The summed E-state index contributed by atoms with van der Waals surface area (Å²) < 4.78 is 56.7. The van der Waals surface area contributed by atoms with Crippen LogP contribution < -0.4 is 4.72 Å². The summed E-state index contributed by atoms with van der Waals surface area (Å²) in [4.78, 5) is 20.7. The lowest BCUT2D eigenvalue weighted by atomic mass is 10.2. The van der Waals surface area contributed by atoms with Crippen molar-refractivity contribution in [3.05, 3.63) is 29.3 Å². The average molecular weight is 323 g/mol. The standard InChI is InChI=1S/C11H11F2NO6S/c1-5(11(17)20-2)14-21(18,19)8-4-6(10(15)16)3-7(12)9(8)13/h3-5,14H,1-2H3,(H,15,16). The Bertz CT molecular complexity index is 688. The van der Waals surface area contributed by atoms with Gasteiger partial charge in [0, 0.05) is 0 Å². The minimum atomic E-state index is -4.65. The third kappa shape index (κ3) is 3.73. The summed E-state index contributed by atoms with van der Waals surface area (Å²) in [6, 6.07) is -0.566. The number of carboxylic acid groups (broad SMARTS) is 1. The summed E-state index contributed by atoms with van der Waals surface area (Å²) >= 11 is 0. The Morgan fingerprint density at radius 3 is 2.38 bits per heavy atom. The normalized spacial score (nSPS) is 12.8. The van der Waals surface area contributed by atoms with E-state index in [0.29, 0.717) is 12.1 Å². The van der Waals surface area contributed by atoms with Crippen molar-refractivity contribution in [1.82, 2.24) is 4.72 Å². The Hall–Kier alpha value is -2.07. The number of aromatic carboxylic acids is 1. The van der Waals surface area contributed by atoms with Crippen molar-refractivity contribution in [2.45, 2.75) is 17.9 Å². The van der Waals surface area contributed by atoms with E-state index >= 15 is 0 Å². The molecule has 1 atom stereocenters. The first-order valence-corrected chi connectivity index (χ1v) is 6.91. The quantitative estimate of drug-likeness (QED) is 0.764. The molecule has 0 aliphatic rings. The molecule has 1 rings (SSSR count). The number of carbonyl (C=O) groups is 2. The predicted molar refractivity (Wildman–Crippen MR) is 65.1 cm³/mol. The van der Waals surface area contributed by atoms with E-state index in [1.165, 1.54) is 0 Å². The molecule has 0 spiro atoms. The fourth-order valence-corrected chi connectivity index (χ4v) is 2.71. The van der Waals surface area contributed by atoms with Crippen molar-refractivity contribution in [2.24, 2.45) is 0 Å². The molecule has 0 radical (unpaired) electrons. The first kappa shape index (κ1) is 17.0. The van der Waals surface area contributed by atoms with Gasteiger partial charge in [-0.2, -0.15) is 4.72 Å². The first-order chi connectivity index (χ1) is 9.60. The van der Waals surface area contributed by atoms with Gasteiger partial charge in [-0.15, -0.1) is 0 Å². The van der Waals surface area contributed by atoms with Gasteiger partial charge in [0.15, 0.2) is 11.6 Å². The molecule has 0 aliphatic heterocycles. The van der Waals surface area contributed by atoms with Crippen LogP contribution in [0.5, 0.6) is 0 Å². The lowest BCUT2D eigenvalue weighted by Crippen LogP contribution is -2.39. The van der Waals surface area contributed by atoms with E-state index < -0.39 is 50.1 Å². The molecule has 0 heterocycles. The number of rotatable bonds is 5. The summed E-state index contributed by atoms with van der Waals surface area (Å²) in [5, 5.41) is 8.72. The largest absolute Gasteiger partial charge is 0.478 e. The number of carbonyl (C=O) groups excluding carboxylic acids is 1. The highest BCUT2D eigenvalue weighted by molar-refractivity contribution is 7.89. The molecule has 21 heavy (non-hydrogen) atoms. The van der Waals surface area contributed by atoms with Gasteiger partial charge in [-0.1, -0.05) is 0 Å². The van der Waals surface area contributed by atoms with Gasteiger partial charge < -0.3 is 9.84 Å². The Labute approximate surface area is 118 Å². The summed E-state index contributed by atoms with van der Waals surface area (Å²) in [7, 11) is -3.64. The van der Waals surface area contributed by atoms with E-state index in [2.05, 4.69) is 4.74 Å². The number of hydrogen-bond acceptors (Lipinski definition) is 5. The first-order valence-electron chi connectivity index (χ1n) is 5.42. The van der Waals surface area contributed by atoms with Crippen molar-refractivity contribution in [3.8, 4) is 0 Å². The van der Waals surface area contributed by atoms with Crippen LogP contribution in [0.15, 0.2) is 17.0 Å². The number of benzene rings is 1. The molecule has 0 bridgehead atoms. The number of carboxylic acids is 1. The fourth-order valence-electron chi connectivity index (χ4n) is 1.40. The number of ether oxygens (including phenoxy) is 1. The van der Waals surface area contributed by atoms with Crippen LogP contribution in [0.25, 0.3) is 0 Å². The summed E-state index contributed by atoms with van der Waals surface area (Å²) in [6.07, 6.45) is 0. The van der Waals surface area contributed by atoms with Crippen LogP contribution in [0.4, 0.5) is 8.78 Å². The molecule has 1 unspecified atom stereocenters. The van der Waals surface area contributed by atoms with E-state index in [1.54, 1.807) is 4.72 Å². The molecular weight excluding hydrogens is 312 g/mol. The highest BCUT2D eigenvalue weighted by Crippen LogP contribution is 2.20. The van der Waals surface area contributed by atoms with Gasteiger partial charge in [-0.3, -0.25) is 4.79 Å². The van der Waals surface area contributed by atoms with Gasteiger partial charge in [-0.05, 0) is 19.1 Å². The van der Waals surface area contributed by atoms with Crippen LogP contribution >= 0.6 is 0 Å². The maximum atomic E-state index is 13.6. The van der Waals surface area contributed by atoms with E-state index in [4.69, 9.17) is 5.11 Å². The summed E-state index contributed by atoms with van der Waals surface area (Å²) in [5.74, 6) is -5.97. The minimum absolute atomic E-state index is 0.348. The molecule has 0 amide bonds. The molecule has 10 heteroatoms. The molecule has 1 aromatic rings. The number of hydrogen-bond donors (Lipinski definition) is 2. The Morgan fingerprint density at radius 2 is 1.90 bits per heavy atom. The molecule has 116 valence electrons. The number of halogens is 2. The van der Waals surface area contributed by atoms with Crippen LogP contribution in [0.3, 0.4) is 0 Å². The van der Waals surface area contributed by atoms with Crippen molar-refractivity contribution >= 4 is 22.0 Å². The molecule has 2 N–H and O–H groups in total. The zero-order valence-corrected chi connectivity index (χ0v) is 11.7. The average Bonchev–Trinajstić information content (AvgIpc) is 2.39. The molecule has 0 saturated heterocycles. The highest BCUT2D eigenvalue weighted by Gasteiger charge is 2.28. The Morgan fingerprint density at radius 1 is 1.33 bits per heavy atom. The fraction of sp³-hybridized carbons (Fsp3) is 0.273. The monoisotopic (exact) mass is 323 g/mol. The maximum Gasteiger partial charge on any atom is 0.335 e. The van der Waals surface area contributed by atoms with Crippen LogP contribution in [0, 0.1) is 11.6 Å². The van der Waals surface area contributed by atoms with Crippen molar-refractivity contribution in [3.63, 3.8) is 0 Å². The molecular formula is C11H11F2NO6S. The van der Waals surface area contributed by atoms with Crippen LogP contribution in [-0.4, -0.2) is 38.6 Å². The number of sulfonamides is 1. The zero-order chi connectivity index (χ0) is 16.4. The van der Waals surface area contributed by atoms with Gasteiger partial charge >= 0.3 is 11.9 Å². The smallest absolute Gasteiger partial charge is 0.335 e. The predicted octanol–water partition coefficient (Wildman–Crippen LogP) is 0.503. The number of methoxy groups -OCH3 is 1. The van der Waals surface area contributed by atoms with E-state index in [9.17, 15) is 26.8 Å². The van der Waals surface area contributed by atoms with Gasteiger partial charge in [0.05, 0.1) is 12.7 Å². The zero-order valence-electron chi connectivity index (χ0n) is 10.9. The topological polar surface area (TPSA) is 110 Å².